The van der Waals surface area contributed by atoms with Gasteiger partial charge >= 0.3 is 0 Å². The molecule has 0 aliphatic rings. The largest absolute Gasteiger partial charge is 0.493 e. The first kappa shape index (κ1) is 20.2. The Hall–Kier alpha value is -3.53. The van der Waals surface area contributed by atoms with Gasteiger partial charge in [0.1, 0.15) is 18.1 Å². The Kier molecular flexibility index (Phi) is 7.06. The number of benzene rings is 3. The van der Waals surface area contributed by atoms with E-state index in [4.69, 9.17) is 9.47 Å². The molecule has 0 aliphatic heterocycles. The predicted molar refractivity (Wildman–Crippen MR) is 117 cm³/mol. The zero-order chi connectivity index (χ0) is 20.5. The van der Waals surface area contributed by atoms with Crippen LogP contribution < -0.4 is 14.8 Å². The van der Waals surface area contributed by atoms with Crippen molar-refractivity contribution in [2.24, 2.45) is 0 Å². The molecule has 4 heteroatoms. The number of carbonyl (C=O) groups excluding carboxylic acids is 1. The Morgan fingerprint density at radius 3 is 2.38 bits per heavy atom. The van der Waals surface area contributed by atoms with Crippen molar-refractivity contribution in [3.05, 3.63) is 102 Å². The van der Waals surface area contributed by atoms with Gasteiger partial charge in [-0.2, -0.15) is 0 Å². The molecule has 3 aromatic rings. The van der Waals surface area contributed by atoms with Crippen LogP contribution in [0.2, 0.25) is 0 Å². The molecule has 1 amide bonds. The highest BCUT2D eigenvalue weighted by atomic mass is 16.5. The lowest BCUT2D eigenvalue weighted by Gasteiger charge is -2.10. The lowest BCUT2D eigenvalue weighted by molar-refractivity contribution is 0.102. The van der Waals surface area contributed by atoms with Crippen molar-refractivity contribution in [1.82, 2.24) is 0 Å². The summed E-state index contributed by atoms with van der Waals surface area (Å²) in [4.78, 5) is 12.6. The Labute approximate surface area is 171 Å². The third kappa shape index (κ3) is 6.54. The van der Waals surface area contributed by atoms with Gasteiger partial charge in [0, 0.05) is 17.7 Å². The van der Waals surface area contributed by atoms with Gasteiger partial charge in [-0.1, -0.05) is 43.0 Å². The summed E-state index contributed by atoms with van der Waals surface area (Å²) in [6.07, 6.45) is 0.817. The second kappa shape index (κ2) is 10.1. The number of rotatable bonds is 9. The van der Waals surface area contributed by atoms with Crippen LogP contribution in [0.3, 0.4) is 0 Å². The molecule has 0 spiro atoms. The van der Waals surface area contributed by atoms with Crippen LogP contribution in [-0.4, -0.2) is 19.1 Å². The fraction of sp³-hybridized carbons (Fsp3) is 0.160. The van der Waals surface area contributed by atoms with E-state index in [2.05, 4.69) is 24.0 Å². The number of amides is 1. The monoisotopic (exact) mass is 387 g/mol. The topological polar surface area (TPSA) is 47.6 Å². The molecule has 0 radical (unpaired) electrons. The van der Waals surface area contributed by atoms with Crippen LogP contribution in [0, 0.1) is 0 Å². The van der Waals surface area contributed by atoms with E-state index < -0.39 is 0 Å². The molecular weight excluding hydrogens is 362 g/mol. The number of ether oxygens (including phenoxy) is 2. The van der Waals surface area contributed by atoms with Gasteiger partial charge in [-0.15, -0.1) is 0 Å². The fourth-order valence-corrected chi connectivity index (χ4v) is 2.70. The average molecular weight is 387 g/mol. The van der Waals surface area contributed by atoms with Crippen LogP contribution in [0.25, 0.3) is 0 Å². The summed E-state index contributed by atoms with van der Waals surface area (Å²) >= 11 is 0. The molecular formula is C25H25NO3. The molecule has 148 valence electrons. The van der Waals surface area contributed by atoms with E-state index in [1.807, 2.05) is 61.5 Å². The maximum atomic E-state index is 12.6. The smallest absolute Gasteiger partial charge is 0.255 e. The highest BCUT2D eigenvalue weighted by molar-refractivity contribution is 6.04. The van der Waals surface area contributed by atoms with E-state index in [0.717, 1.165) is 17.7 Å². The van der Waals surface area contributed by atoms with Gasteiger partial charge in [0.15, 0.2) is 0 Å². The van der Waals surface area contributed by atoms with Gasteiger partial charge in [0.2, 0.25) is 0 Å². The molecule has 0 heterocycles. The summed E-state index contributed by atoms with van der Waals surface area (Å²) < 4.78 is 11.4. The Bertz CT molecular complexity index is 949. The van der Waals surface area contributed by atoms with E-state index in [9.17, 15) is 4.79 Å². The molecule has 4 nitrogen and oxygen atoms in total. The predicted octanol–water partition coefficient (Wildman–Crippen LogP) is 5.52. The van der Waals surface area contributed by atoms with Crippen molar-refractivity contribution in [3.63, 3.8) is 0 Å². The van der Waals surface area contributed by atoms with Gasteiger partial charge < -0.3 is 14.8 Å². The first-order valence-electron chi connectivity index (χ1n) is 9.55. The molecule has 0 atom stereocenters. The molecule has 0 bridgehead atoms. The van der Waals surface area contributed by atoms with E-state index >= 15 is 0 Å². The van der Waals surface area contributed by atoms with Crippen LogP contribution in [0.5, 0.6) is 11.5 Å². The van der Waals surface area contributed by atoms with Crippen LogP contribution in [0.15, 0.2) is 91.0 Å². The number of nitrogens with one attached hydrogen (secondary N) is 1. The molecule has 0 aliphatic carbocycles. The molecule has 1 N–H and O–H groups in total. The summed E-state index contributed by atoms with van der Waals surface area (Å²) in [6, 6.07) is 24.6. The van der Waals surface area contributed by atoms with Crippen LogP contribution in [0.1, 0.15) is 22.8 Å². The summed E-state index contributed by atoms with van der Waals surface area (Å²) in [6.45, 7) is 6.75. The maximum absolute atomic E-state index is 12.6. The van der Waals surface area contributed by atoms with Crippen LogP contribution >= 0.6 is 0 Å². The second-order valence-electron chi connectivity index (χ2n) is 6.84. The minimum atomic E-state index is -0.186. The average Bonchev–Trinajstić information content (AvgIpc) is 2.74. The Morgan fingerprint density at radius 2 is 1.66 bits per heavy atom. The van der Waals surface area contributed by atoms with E-state index in [0.29, 0.717) is 30.2 Å². The highest BCUT2D eigenvalue weighted by Crippen LogP contribution is 2.19. The lowest BCUT2D eigenvalue weighted by Crippen LogP contribution is -2.12. The van der Waals surface area contributed by atoms with Crippen LogP contribution in [-0.2, 0) is 6.42 Å². The lowest BCUT2D eigenvalue weighted by atomic mass is 10.1. The standard InChI is InChI=1S/C25H25NO3/c1-19(2)18-29-23-13-11-22(12-14-23)26-25(27)21-9-6-10-24(17-21)28-16-15-20-7-4-3-5-8-20/h3-14,17H,1,15-16,18H2,2H3,(H,26,27). The molecule has 0 saturated heterocycles. The van der Waals surface area contributed by atoms with Crippen molar-refractivity contribution in [1.29, 1.82) is 0 Å². The van der Waals surface area contributed by atoms with Crippen molar-refractivity contribution in [3.8, 4) is 11.5 Å². The van der Waals surface area contributed by atoms with Crippen molar-refractivity contribution in [2.75, 3.05) is 18.5 Å². The number of hydrogen-bond acceptors (Lipinski definition) is 3. The molecule has 3 aromatic carbocycles. The summed E-state index contributed by atoms with van der Waals surface area (Å²) in [5, 5.41) is 2.89. The quantitative estimate of drug-likeness (QED) is 0.492. The number of hydrogen-bond donors (Lipinski definition) is 1. The van der Waals surface area contributed by atoms with E-state index in [1.54, 1.807) is 12.1 Å². The molecule has 3 rings (SSSR count). The zero-order valence-corrected chi connectivity index (χ0v) is 16.6. The minimum absolute atomic E-state index is 0.186. The molecule has 0 saturated carbocycles. The normalized spacial score (nSPS) is 10.2. The first-order valence-corrected chi connectivity index (χ1v) is 9.55. The molecule has 0 fully saturated rings. The third-order valence-electron chi connectivity index (χ3n) is 4.20. The molecule has 0 aromatic heterocycles. The van der Waals surface area contributed by atoms with Gasteiger partial charge in [-0.05, 0) is 60.5 Å². The Morgan fingerprint density at radius 1 is 0.897 bits per heavy atom. The first-order chi connectivity index (χ1) is 14.1. The van der Waals surface area contributed by atoms with Crippen molar-refractivity contribution < 1.29 is 14.3 Å². The maximum Gasteiger partial charge on any atom is 0.255 e. The summed E-state index contributed by atoms with van der Waals surface area (Å²) in [5.74, 6) is 1.23. The highest BCUT2D eigenvalue weighted by Gasteiger charge is 2.08. The SMILES string of the molecule is C=C(C)COc1ccc(NC(=O)c2cccc(OCCc3ccccc3)c2)cc1. The van der Waals surface area contributed by atoms with Gasteiger partial charge in [0.25, 0.3) is 5.91 Å². The minimum Gasteiger partial charge on any atom is -0.493 e. The molecule has 29 heavy (non-hydrogen) atoms. The number of anilines is 1. The van der Waals surface area contributed by atoms with Gasteiger partial charge in [-0.25, -0.2) is 0 Å². The van der Waals surface area contributed by atoms with Crippen LogP contribution in [0.4, 0.5) is 5.69 Å². The Balaban J connectivity index is 1.54. The van der Waals surface area contributed by atoms with Gasteiger partial charge in [0.05, 0.1) is 6.61 Å². The third-order valence-corrected chi connectivity index (χ3v) is 4.20. The fourth-order valence-electron chi connectivity index (χ4n) is 2.70. The summed E-state index contributed by atoms with van der Waals surface area (Å²) in [5.41, 5.74) is 3.42. The van der Waals surface area contributed by atoms with E-state index in [1.165, 1.54) is 5.56 Å². The second-order valence-corrected chi connectivity index (χ2v) is 6.84. The van der Waals surface area contributed by atoms with Crippen molar-refractivity contribution >= 4 is 11.6 Å². The van der Waals surface area contributed by atoms with E-state index in [-0.39, 0.29) is 5.91 Å². The zero-order valence-electron chi connectivity index (χ0n) is 16.6. The molecule has 0 unspecified atom stereocenters. The number of carbonyl (C=O) groups is 1. The van der Waals surface area contributed by atoms with Crippen molar-refractivity contribution in [2.45, 2.75) is 13.3 Å². The summed E-state index contributed by atoms with van der Waals surface area (Å²) in [7, 11) is 0. The van der Waals surface area contributed by atoms with Gasteiger partial charge in [-0.3, -0.25) is 4.79 Å².